The van der Waals surface area contributed by atoms with E-state index in [9.17, 15) is 4.79 Å². The van der Waals surface area contributed by atoms with Crippen LogP contribution in [0.3, 0.4) is 0 Å². The Kier molecular flexibility index (Phi) is 6.10. The van der Waals surface area contributed by atoms with Crippen LogP contribution in [-0.4, -0.2) is 27.4 Å². The van der Waals surface area contributed by atoms with E-state index < -0.39 is 0 Å². The van der Waals surface area contributed by atoms with E-state index in [1.807, 2.05) is 24.3 Å². The average Bonchev–Trinajstić information content (AvgIpc) is 3.36. The number of unbranched alkanes of at least 4 members (excludes halogenated alkanes) is 1. The number of benzene rings is 2. The van der Waals surface area contributed by atoms with Crippen LogP contribution >= 0.6 is 11.8 Å². The molecule has 0 bridgehead atoms. The summed E-state index contributed by atoms with van der Waals surface area (Å²) in [5, 5.41) is 11.4. The maximum absolute atomic E-state index is 13.1. The summed E-state index contributed by atoms with van der Waals surface area (Å²) < 4.78 is 5.26. The first-order chi connectivity index (χ1) is 14.3. The lowest BCUT2D eigenvalue weighted by Crippen LogP contribution is -2.31. The minimum absolute atomic E-state index is 0.0949. The van der Waals surface area contributed by atoms with E-state index in [4.69, 9.17) is 4.42 Å². The van der Waals surface area contributed by atoms with Gasteiger partial charge in [-0.25, -0.2) is 0 Å². The van der Waals surface area contributed by atoms with Crippen LogP contribution in [0.15, 0.2) is 75.5 Å². The fourth-order valence-corrected chi connectivity index (χ4v) is 4.55. The van der Waals surface area contributed by atoms with Gasteiger partial charge < -0.3 is 4.42 Å². The van der Waals surface area contributed by atoms with Crippen molar-refractivity contribution >= 4 is 39.8 Å². The second kappa shape index (κ2) is 9.09. The first kappa shape index (κ1) is 19.5. The SMILES string of the molecule is CCCCC1SC(=NN=Cc2ccco2)N(Cc2cccc3ccccc23)C1=O. The van der Waals surface area contributed by atoms with E-state index in [-0.39, 0.29) is 11.2 Å². The molecule has 1 aromatic heterocycles. The predicted octanol–water partition coefficient (Wildman–Crippen LogP) is 5.46. The van der Waals surface area contributed by atoms with Crippen LogP contribution in [0.4, 0.5) is 0 Å². The van der Waals surface area contributed by atoms with E-state index in [1.165, 1.54) is 17.1 Å². The van der Waals surface area contributed by atoms with Gasteiger partial charge in [0.1, 0.15) is 5.76 Å². The Bertz CT molecular complexity index is 1040. The van der Waals surface area contributed by atoms with Crippen LogP contribution in [0.2, 0.25) is 0 Å². The molecule has 0 spiro atoms. The van der Waals surface area contributed by atoms with Crippen molar-refractivity contribution in [2.45, 2.75) is 38.0 Å². The Morgan fingerprint density at radius 3 is 2.83 bits per heavy atom. The van der Waals surface area contributed by atoms with E-state index in [1.54, 1.807) is 23.4 Å². The summed E-state index contributed by atoms with van der Waals surface area (Å²) in [5.74, 6) is 0.746. The smallest absolute Gasteiger partial charge is 0.242 e. The molecule has 3 aromatic rings. The zero-order chi connectivity index (χ0) is 20.1. The summed E-state index contributed by atoms with van der Waals surface area (Å²) in [7, 11) is 0. The van der Waals surface area contributed by atoms with Crippen molar-refractivity contribution in [3.8, 4) is 0 Å². The van der Waals surface area contributed by atoms with Gasteiger partial charge in [0.05, 0.1) is 24.3 Å². The van der Waals surface area contributed by atoms with Crippen molar-refractivity contribution in [3.63, 3.8) is 0 Å². The molecule has 4 rings (SSSR count). The van der Waals surface area contributed by atoms with Crippen LogP contribution < -0.4 is 0 Å². The Balaban J connectivity index is 1.62. The van der Waals surface area contributed by atoms with Crippen molar-refractivity contribution in [2.24, 2.45) is 10.2 Å². The Hall–Kier alpha value is -2.86. The summed E-state index contributed by atoms with van der Waals surface area (Å²) in [6, 6.07) is 18.1. The molecule has 2 heterocycles. The van der Waals surface area contributed by atoms with E-state index >= 15 is 0 Å². The molecule has 2 aromatic carbocycles. The quantitative estimate of drug-likeness (QED) is 0.387. The molecule has 1 aliphatic heterocycles. The van der Waals surface area contributed by atoms with Gasteiger partial charge in [-0.15, -0.1) is 5.10 Å². The van der Waals surface area contributed by atoms with Gasteiger partial charge in [0.15, 0.2) is 5.17 Å². The molecular formula is C23H23N3O2S. The van der Waals surface area contributed by atoms with Crippen molar-refractivity contribution in [3.05, 3.63) is 72.2 Å². The molecule has 0 saturated carbocycles. The number of carbonyl (C=O) groups excluding carboxylic acids is 1. The molecule has 0 N–H and O–H groups in total. The molecule has 5 nitrogen and oxygen atoms in total. The lowest BCUT2D eigenvalue weighted by Gasteiger charge is -2.17. The van der Waals surface area contributed by atoms with Crippen LogP contribution in [0.5, 0.6) is 0 Å². The number of hydrogen-bond acceptors (Lipinski definition) is 5. The number of amides is 1. The Morgan fingerprint density at radius 2 is 2.00 bits per heavy atom. The number of carbonyl (C=O) groups is 1. The van der Waals surface area contributed by atoms with Gasteiger partial charge in [0.2, 0.25) is 5.91 Å². The van der Waals surface area contributed by atoms with Gasteiger partial charge in [0, 0.05) is 0 Å². The molecule has 1 aliphatic rings. The number of fused-ring (bicyclic) bond motifs is 1. The topological polar surface area (TPSA) is 58.2 Å². The number of thioether (sulfide) groups is 1. The number of nitrogens with zero attached hydrogens (tertiary/aromatic N) is 3. The highest BCUT2D eigenvalue weighted by Crippen LogP contribution is 2.33. The third kappa shape index (κ3) is 4.43. The first-order valence-corrected chi connectivity index (χ1v) is 10.7. The van der Waals surface area contributed by atoms with Crippen molar-refractivity contribution in [1.82, 2.24) is 4.90 Å². The molecule has 0 aliphatic carbocycles. The third-order valence-corrected chi connectivity index (χ3v) is 6.15. The van der Waals surface area contributed by atoms with E-state index in [0.717, 1.165) is 30.2 Å². The third-order valence-electron chi connectivity index (χ3n) is 4.92. The summed E-state index contributed by atoms with van der Waals surface area (Å²) >= 11 is 1.51. The highest BCUT2D eigenvalue weighted by Gasteiger charge is 2.37. The zero-order valence-electron chi connectivity index (χ0n) is 16.3. The lowest BCUT2D eigenvalue weighted by molar-refractivity contribution is -0.126. The second-order valence-electron chi connectivity index (χ2n) is 6.95. The molecule has 1 fully saturated rings. The maximum Gasteiger partial charge on any atom is 0.242 e. The number of rotatable bonds is 7. The normalized spacial score (nSPS) is 18.5. The first-order valence-electron chi connectivity index (χ1n) is 9.85. The van der Waals surface area contributed by atoms with Gasteiger partial charge in [-0.1, -0.05) is 74.0 Å². The standard InChI is InChI=1S/C23H23N3O2S/c1-2-3-13-21-22(27)26(23(29-21)25-24-15-19-11-7-14-28-19)16-18-10-6-9-17-8-4-5-12-20(17)18/h4-12,14-15,21H,2-3,13,16H2,1H3. The van der Waals surface area contributed by atoms with Gasteiger partial charge in [-0.3, -0.25) is 9.69 Å². The molecule has 1 saturated heterocycles. The number of hydrogen-bond donors (Lipinski definition) is 0. The van der Waals surface area contributed by atoms with Crippen molar-refractivity contribution in [2.75, 3.05) is 0 Å². The van der Waals surface area contributed by atoms with Gasteiger partial charge >= 0.3 is 0 Å². The predicted molar refractivity (Wildman–Crippen MR) is 119 cm³/mol. The van der Waals surface area contributed by atoms with Gasteiger partial charge in [-0.05, 0) is 34.9 Å². The lowest BCUT2D eigenvalue weighted by atomic mass is 10.0. The summed E-state index contributed by atoms with van der Waals surface area (Å²) in [6.45, 7) is 2.63. The van der Waals surface area contributed by atoms with E-state index in [2.05, 4.69) is 41.4 Å². The fourth-order valence-electron chi connectivity index (χ4n) is 3.40. The molecule has 1 atom stereocenters. The average molecular weight is 406 g/mol. The minimum atomic E-state index is -0.0949. The molecule has 1 amide bonds. The van der Waals surface area contributed by atoms with E-state index in [0.29, 0.717) is 17.5 Å². The van der Waals surface area contributed by atoms with Gasteiger partial charge in [-0.2, -0.15) is 5.10 Å². The summed E-state index contributed by atoms with van der Waals surface area (Å²) in [6.07, 6.45) is 6.10. The molecule has 148 valence electrons. The molecule has 29 heavy (non-hydrogen) atoms. The summed E-state index contributed by atoms with van der Waals surface area (Å²) in [5.41, 5.74) is 1.11. The van der Waals surface area contributed by atoms with Crippen LogP contribution in [0.1, 0.15) is 37.5 Å². The highest BCUT2D eigenvalue weighted by molar-refractivity contribution is 8.15. The molecule has 1 unspecified atom stereocenters. The monoisotopic (exact) mass is 405 g/mol. The maximum atomic E-state index is 13.1. The highest BCUT2D eigenvalue weighted by atomic mass is 32.2. The van der Waals surface area contributed by atoms with Crippen molar-refractivity contribution in [1.29, 1.82) is 0 Å². The zero-order valence-corrected chi connectivity index (χ0v) is 17.1. The molecule has 0 radical (unpaired) electrons. The van der Waals surface area contributed by atoms with Crippen molar-refractivity contribution < 1.29 is 9.21 Å². The Morgan fingerprint density at radius 1 is 1.14 bits per heavy atom. The minimum Gasteiger partial charge on any atom is -0.463 e. The molecule has 6 heteroatoms. The number of amidine groups is 1. The molecular weight excluding hydrogens is 382 g/mol. The Labute approximate surface area is 174 Å². The fraction of sp³-hybridized carbons (Fsp3) is 0.261. The van der Waals surface area contributed by atoms with Crippen LogP contribution in [-0.2, 0) is 11.3 Å². The largest absolute Gasteiger partial charge is 0.463 e. The summed E-state index contributed by atoms with van der Waals surface area (Å²) in [4.78, 5) is 14.9. The number of furan rings is 1. The second-order valence-corrected chi connectivity index (χ2v) is 8.12. The van der Waals surface area contributed by atoms with Crippen LogP contribution in [0, 0.1) is 0 Å². The van der Waals surface area contributed by atoms with Gasteiger partial charge in [0.25, 0.3) is 0 Å². The van der Waals surface area contributed by atoms with Crippen LogP contribution in [0.25, 0.3) is 10.8 Å².